The number of rotatable bonds is 6. The van der Waals surface area contributed by atoms with Crippen LogP contribution >= 0.6 is 11.3 Å². The predicted octanol–water partition coefficient (Wildman–Crippen LogP) is 4.17. The molecule has 6 nitrogen and oxygen atoms in total. The van der Waals surface area contributed by atoms with Crippen LogP contribution in [0.15, 0.2) is 53.4 Å². The third-order valence-corrected chi connectivity index (χ3v) is 8.54. The van der Waals surface area contributed by atoms with Crippen LogP contribution < -0.4 is 0 Å². The van der Waals surface area contributed by atoms with Crippen molar-refractivity contribution in [2.45, 2.75) is 30.3 Å². The Labute approximate surface area is 193 Å². The molecule has 1 amide bonds. The van der Waals surface area contributed by atoms with E-state index in [0.29, 0.717) is 19.3 Å². The molecular weight excluding hydrogens is 475 g/mol. The van der Waals surface area contributed by atoms with Gasteiger partial charge in [0.2, 0.25) is 15.9 Å². The highest BCUT2D eigenvalue weighted by atomic mass is 32.2. The van der Waals surface area contributed by atoms with Crippen LogP contribution in [0.2, 0.25) is 0 Å². The van der Waals surface area contributed by atoms with Gasteiger partial charge >= 0.3 is 6.18 Å². The molecule has 0 N–H and O–H groups in total. The summed E-state index contributed by atoms with van der Waals surface area (Å²) in [5.74, 6) is -0.0392. The van der Waals surface area contributed by atoms with Crippen LogP contribution in [-0.4, -0.2) is 54.7 Å². The van der Waals surface area contributed by atoms with Crippen LogP contribution in [-0.2, 0) is 27.4 Å². The van der Waals surface area contributed by atoms with Gasteiger partial charge in [-0.1, -0.05) is 12.1 Å². The van der Waals surface area contributed by atoms with Gasteiger partial charge in [0.25, 0.3) is 0 Å². The van der Waals surface area contributed by atoms with Crippen molar-refractivity contribution in [3.63, 3.8) is 0 Å². The smallest absolute Gasteiger partial charge is 0.340 e. The Morgan fingerprint density at radius 2 is 1.67 bits per heavy atom. The van der Waals surface area contributed by atoms with E-state index in [1.807, 2.05) is 24.3 Å². The number of halogens is 3. The fourth-order valence-corrected chi connectivity index (χ4v) is 6.15. The van der Waals surface area contributed by atoms with E-state index >= 15 is 0 Å². The van der Waals surface area contributed by atoms with Crippen LogP contribution in [0.5, 0.6) is 0 Å². The predicted molar refractivity (Wildman–Crippen MR) is 119 cm³/mol. The average molecular weight is 498 g/mol. The van der Waals surface area contributed by atoms with Crippen LogP contribution in [0, 0.1) is 0 Å². The summed E-state index contributed by atoms with van der Waals surface area (Å²) in [6.07, 6.45) is -2.82. The molecule has 1 aliphatic heterocycles. The number of piperazine rings is 1. The van der Waals surface area contributed by atoms with Gasteiger partial charge in [0.15, 0.2) is 0 Å². The molecule has 1 aromatic heterocycles. The maximum atomic E-state index is 12.8. The van der Waals surface area contributed by atoms with Gasteiger partial charge in [-0.05, 0) is 49.2 Å². The summed E-state index contributed by atoms with van der Waals surface area (Å²) in [5.41, 5.74) is 0.0527. The second-order valence-electron chi connectivity index (χ2n) is 7.74. The number of carbonyl (C=O) groups excluding carboxylic acids is 1. The lowest BCUT2D eigenvalue weighted by molar-refractivity contribution is -0.137. The largest absolute Gasteiger partial charge is 0.416 e. The molecule has 1 aliphatic rings. The minimum Gasteiger partial charge on any atom is -0.340 e. The van der Waals surface area contributed by atoms with Crippen molar-refractivity contribution < 1.29 is 26.4 Å². The molecule has 3 aromatic rings. The zero-order chi connectivity index (χ0) is 23.6. The lowest BCUT2D eigenvalue weighted by atomic mass is 10.2. The van der Waals surface area contributed by atoms with Crippen molar-refractivity contribution in [1.29, 1.82) is 0 Å². The molecule has 1 fully saturated rings. The Bertz CT molecular complexity index is 1200. The van der Waals surface area contributed by atoms with Crippen LogP contribution in [0.25, 0.3) is 10.2 Å². The number of amides is 1. The molecule has 0 bridgehead atoms. The van der Waals surface area contributed by atoms with Gasteiger partial charge in [0.1, 0.15) is 0 Å². The van der Waals surface area contributed by atoms with E-state index in [0.717, 1.165) is 39.5 Å². The van der Waals surface area contributed by atoms with Crippen LogP contribution in [0.4, 0.5) is 13.2 Å². The van der Waals surface area contributed by atoms with Crippen molar-refractivity contribution in [2.75, 3.05) is 26.2 Å². The lowest BCUT2D eigenvalue weighted by Gasteiger charge is -2.34. The number of hydrogen-bond acceptors (Lipinski definition) is 5. The zero-order valence-electron chi connectivity index (χ0n) is 17.6. The van der Waals surface area contributed by atoms with E-state index in [4.69, 9.17) is 0 Å². The standard InChI is InChI=1S/C22H22F3N3O3S2/c23-22(24,25)16-8-10-17(11-9-16)33(30,31)28-14-12-27(13-15-28)21(29)7-3-6-20-26-18-4-1-2-5-19(18)32-20/h1-2,4-5,8-11H,3,6-7,12-15H2. The summed E-state index contributed by atoms with van der Waals surface area (Å²) in [7, 11) is -3.92. The lowest BCUT2D eigenvalue weighted by Crippen LogP contribution is -2.50. The number of sulfonamides is 1. The van der Waals surface area contributed by atoms with Crippen molar-refractivity contribution in [3.05, 3.63) is 59.1 Å². The summed E-state index contributed by atoms with van der Waals surface area (Å²) in [4.78, 5) is 18.6. The fourth-order valence-electron chi connectivity index (χ4n) is 3.72. The average Bonchev–Trinajstić information content (AvgIpc) is 3.21. The highest BCUT2D eigenvalue weighted by molar-refractivity contribution is 7.89. The monoisotopic (exact) mass is 497 g/mol. The Morgan fingerprint density at radius 1 is 1.00 bits per heavy atom. The van der Waals surface area contributed by atoms with E-state index in [-0.39, 0.29) is 37.0 Å². The molecule has 0 saturated carbocycles. The molecular formula is C22H22F3N3O3S2. The molecule has 33 heavy (non-hydrogen) atoms. The fraction of sp³-hybridized carbons (Fsp3) is 0.364. The topological polar surface area (TPSA) is 70.6 Å². The number of aryl methyl sites for hydroxylation is 1. The van der Waals surface area contributed by atoms with Gasteiger partial charge in [0, 0.05) is 32.6 Å². The Kier molecular flexibility index (Phi) is 6.73. The number of fused-ring (bicyclic) bond motifs is 1. The van der Waals surface area contributed by atoms with E-state index < -0.39 is 21.8 Å². The highest BCUT2D eigenvalue weighted by Gasteiger charge is 2.33. The van der Waals surface area contributed by atoms with Gasteiger partial charge in [-0.15, -0.1) is 11.3 Å². The number of nitrogens with zero attached hydrogens (tertiary/aromatic N) is 3. The Balaban J connectivity index is 1.28. The van der Waals surface area contributed by atoms with Crippen molar-refractivity contribution in [2.24, 2.45) is 0 Å². The van der Waals surface area contributed by atoms with Gasteiger partial charge in [0.05, 0.1) is 25.7 Å². The van der Waals surface area contributed by atoms with Crippen molar-refractivity contribution in [1.82, 2.24) is 14.2 Å². The minimum atomic E-state index is -4.53. The third kappa shape index (κ3) is 5.36. The summed E-state index contributed by atoms with van der Waals surface area (Å²) >= 11 is 1.62. The summed E-state index contributed by atoms with van der Waals surface area (Å²) in [6.45, 7) is 0.708. The molecule has 0 radical (unpaired) electrons. The van der Waals surface area contributed by atoms with E-state index in [2.05, 4.69) is 4.98 Å². The summed E-state index contributed by atoms with van der Waals surface area (Å²) < 4.78 is 66.0. The highest BCUT2D eigenvalue weighted by Crippen LogP contribution is 2.30. The second-order valence-corrected chi connectivity index (χ2v) is 10.8. The van der Waals surface area contributed by atoms with Gasteiger partial charge in [-0.2, -0.15) is 17.5 Å². The normalized spacial score (nSPS) is 15.8. The number of aromatic nitrogens is 1. The molecule has 0 spiro atoms. The SMILES string of the molecule is O=C(CCCc1nc2ccccc2s1)N1CCN(S(=O)(=O)c2ccc(C(F)(F)F)cc2)CC1. The molecule has 0 atom stereocenters. The van der Waals surface area contributed by atoms with Crippen LogP contribution in [0.3, 0.4) is 0 Å². The summed E-state index contributed by atoms with van der Waals surface area (Å²) in [6, 6.07) is 11.3. The quantitative estimate of drug-likeness (QED) is 0.513. The molecule has 4 rings (SSSR count). The molecule has 176 valence electrons. The van der Waals surface area contributed by atoms with Gasteiger partial charge in [-0.25, -0.2) is 13.4 Å². The van der Waals surface area contributed by atoms with E-state index in [9.17, 15) is 26.4 Å². The first-order valence-corrected chi connectivity index (χ1v) is 12.7. The van der Waals surface area contributed by atoms with Gasteiger partial charge < -0.3 is 4.90 Å². The van der Waals surface area contributed by atoms with E-state index in [1.54, 1.807) is 16.2 Å². The number of para-hydroxylation sites is 1. The third-order valence-electron chi connectivity index (χ3n) is 5.53. The first-order valence-electron chi connectivity index (χ1n) is 10.4. The maximum Gasteiger partial charge on any atom is 0.416 e. The number of carbonyl (C=O) groups is 1. The summed E-state index contributed by atoms with van der Waals surface area (Å²) in [5, 5.41) is 0.983. The molecule has 0 aliphatic carbocycles. The number of thiazole rings is 1. The number of hydrogen-bond donors (Lipinski definition) is 0. The molecule has 2 aromatic carbocycles. The molecule has 0 unspecified atom stereocenters. The van der Waals surface area contributed by atoms with Gasteiger partial charge in [-0.3, -0.25) is 4.79 Å². The number of benzene rings is 2. The Morgan fingerprint density at radius 3 is 2.30 bits per heavy atom. The molecule has 11 heteroatoms. The van der Waals surface area contributed by atoms with Crippen LogP contribution in [0.1, 0.15) is 23.4 Å². The minimum absolute atomic E-state index is 0.0392. The van der Waals surface area contributed by atoms with E-state index in [1.165, 1.54) is 4.31 Å². The van der Waals surface area contributed by atoms with Crippen molar-refractivity contribution in [3.8, 4) is 0 Å². The van der Waals surface area contributed by atoms with Crippen molar-refractivity contribution >= 4 is 37.5 Å². The molecule has 1 saturated heterocycles. The molecule has 2 heterocycles. The zero-order valence-corrected chi connectivity index (χ0v) is 19.2. The first kappa shape index (κ1) is 23.7. The number of alkyl halides is 3. The second kappa shape index (κ2) is 9.40. The first-order chi connectivity index (χ1) is 15.6. The Hall–Kier alpha value is -2.50. The maximum absolute atomic E-state index is 12.8.